The van der Waals surface area contributed by atoms with Crippen molar-refractivity contribution in [3.05, 3.63) is 58.1 Å². The molecule has 1 unspecified atom stereocenters. The van der Waals surface area contributed by atoms with E-state index in [1.165, 1.54) is 24.3 Å². The number of halogens is 3. The van der Waals surface area contributed by atoms with Gasteiger partial charge < -0.3 is 0 Å². The molecular weight excluding hydrogens is 338 g/mol. The van der Waals surface area contributed by atoms with Crippen LogP contribution in [0, 0.1) is 5.82 Å². The summed E-state index contributed by atoms with van der Waals surface area (Å²) in [5.74, 6) is -0.435. The highest BCUT2D eigenvalue weighted by molar-refractivity contribution is 7.89. The van der Waals surface area contributed by atoms with Gasteiger partial charge in [0.15, 0.2) is 0 Å². The van der Waals surface area contributed by atoms with E-state index < -0.39 is 21.9 Å². The molecule has 0 spiro atoms. The first kappa shape index (κ1) is 16.2. The second kappa shape index (κ2) is 6.27. The number of pyridine rings is 1. The van der Waals surface area contributed by atoms with Crippen LogP contribution in [0.15, 0.2) is 41.4 Å². The minimum absolute atomic E-state index is 0.0220. The van der Waals surface area contributed by atoms with E-state index in [2.05, 4.69) is 9.71 Å². The Labute approximate surface area is 132 Å². The third-order valence-electron chi connectivity index (χ3n) is 2.76. The minimum Gasteiger partial charge on any atom is -0.242 e. The van der Waals surface area contributed by atoms with Gasteiger partial charge in [-0.2, -0.15) is 0 Å². The Kier molecular flexibility index (Phi) is 4.83. The first-order valence-electron chi connectivity index (χ1n) is 5.88. The predicted molar refractivity (Wildman–Crippen MR) is 79.4 cm³/mol. The van der Waals surface area contributed by atoms with E-state index in [1.54, 1.807) is 13.0 Å². The standard InChI is InChI=1S/C13H11Cl2FN2O2S/c1-8(9-3-2-4-10(16)5-9)18-21(19,20)11-6-12(14)13(15)17-7-11/h2-8,18H,1H3. The fourth-order valence-electron chi connectivity index (χ4n) is 1.70. The van der Waals surface area contributed by atoms with Gasteiger partial charge in [-0.25, -0.2) is 22.5 Å². The number of sulfonamides is 1. The number of nitrogens with zero attached hydrogens (tertiary/aromatic N) is 1. The monoisotopic (exact) mass is 348 g/mol. The maximum atomic E-state index is 13.2. The SMILES string of the molecule is CC(NS(=O)(=O)c1cnc(Cl)c(Cl)c1)c1cccc(F)c1. The predicted octanol–water partition coefficient (Wildman–Crippen LogP) is 3.57. The number of aromatic nitrogens is 1. The highest BCUT2D eigenvalue weighted by Gasteiger charge is 2.20. The van der Waals surface area contributed by atoms with Crippen LogP contribution in [0.5, 0.6) is 0 Å². The lowest BCUT2D eigenvalue weighted by molar-refractivity contribution is 0.564. The van der Waals surface area contributed by atoms with Crippen LogP contribution in [0.2, 0.25) is 10.2 Å². The summed E-state index contributed by atoms with van der Waals surface area (Å²) in [5, 5.41) is 0.0618. The van der Waals surface area contributed by atoms with Gasteiger partial charge in [0.2, 0.25) is 10.0 Å². The highest BCUT2D eigenvalue weighted by atomic mass is 35.5. The third kappa shape index (κ3) is 3.91. The van der Waals surface area contributed by atoms with Crippen molar-refractivity contribution < 1.29 is 12.8 Å². The van der Waals surface area contributed by atoms with Crippen molar-refractivity contribution in [2.24, 2.45) is 0 Å². The van der Waals surface area contributed by atoms with Gasteiger partial charge in [0.05, 0.1) is 5.02 Å². The summed E-state index contributed by atoms with van der Waals surface area (Å²) in [6, 6.07) is 6.28. The van der Waals surface area contributed by atoms with Gasteiger partial charge in [0, 0.05) is 12.2 Å². The van der Waals surface area contributed by atoms with Crippen molar-refractivity contribution in [2.45, 2.75) is 17.9 Å². The Hall–Kier alpha value is -1.21. The molecule has 112 valence electrons. The second-order valence-electron chi connectivity index (χ2n) is 4.34. The van der Waals surface area contributed by atoms with Crippen LogP contribution < -0.4 is 4.72 Å². The molecule has 4 nitrogen and oxygen atoms in total. The lowest BCUT2D eigenvalue weighted by Crippen LogP contribution is -2.27. The van der Waals surface area contributed by atoms with Crippen LogP contribution in [-0.2, 0) is 10.0 Å². The van der Waals surface area contributed by atoms with E-state index in [9.17, 15) is 12.8 Å². The van der Waals surface area contributed by atoms with Crippen LogP contribution in [0.1, 0.15) is 18.5 Å². The van der Waals surface area contributed by atoms with Crippen molar-refractivity contribution in [3.63, 3.8) is 0 Å². The van der Waals surface area contributed by atoms with Crippen LogP contribution in [0.25, 0.3) is 0 Å². The molecule has 1 atom stereocenters. The van der Waals surface area contributed by atoms with Crippen LogP contribution in [-0.4, -0.2) is 13.4 Å². The Morgan fingerprint density at radius 3 is 2.62 bits per heavy atom. The molecule has 0 aliphatic carbocycles. The number of hydrogen-bond acceptors (Lipinski definition) is 3. The normalized spacial score (nSPS) is 13.1. The Morgan fingerprint density at radius 1 is 1.29 bits per heavy atom. The molecule has 0 aliphatic heterocycles. The Balaban J connectivity index is 2.26. The van der Waals surface area contributed by atoms with E-state index in [-0.39, 0.29) is 15.1 Å². The zero-order chi connectivity index (χ0) is 15.6. The molecule has 0 fully saturated rings. The molecule has 0 saturated carbocycles. The van der Waals surface area contributed by atoms with Gasteiger partial charge in [-0.3, -0.25) is 0 Å². The molecule has 1 aromatic heterocycles. The smallest absolute Gasteiger partial charge is 0.242 e. The first-order chi connectivity index (χ1) is 9.79. The molecule has 0 aliphatic rings. The van der Waals surface area contributed by atoms with E-state index in [1.807, 2.05) is 0 Å². The van der Waals surface area contributed by atoms with Gasteiger partial charge in [-0.15, -0.1) is 0 Å². The van der Waals surface area contributed by atoms with Gasteiger partial charge in [0.1, 0.15) is 15.9 Å². The Morgan fingerprint density at radius 2 is 2.00 bits per heavy atom. The summed E-state index contributed by atoms with van der Waals surface area (Å²) in [4.78, 5) is 3.58. The number of rotatable bonds is 4. The van der Waals surface area contributed by atoms with Crippen LogP contribution >= 0.6 is 23.2 Å². The number of benzene rings is 1. The van der Waals surface area contributed by atoms with Gasteiger partial charge >= 0.3 is 0 Å². The molecular formula is C13H11Cl2FN2O2S. The zero-order valence-corrected chi connectivity index (χ0v) is 13.2. The zero-order valence-electron chi connectivity index (χ0n) is 10.8. The fourth-order valence-corrected chi connectivity index (χ4v) is 3.23. The number of hydrogen-bond donors (Lipinski definition) is 1. The second-order valence-corrected chi connectivity index (χ2v) is 6.82. The van der Waals surface area contributed by atoms with Crippen LogP contribution in [0.4, 0.5) is 4.39 Å². The van der Waals surface area contributed by atoms with Crippen molar-refractivity contribution in [2.75, 3.05) is 0 Å². The molecule has 0 bridgehead atoms. The lowest BCUT2D eigenvalue weighted by Gasteiger charge is -2.14. The summed E-state index contributed by atoms with van der Waals surface area (Å²) >= 11 is 11.4. The average Bonchev–Trinajstić information content (AvgIpc) is 2.41. The third-order valence-corrected chi connectivity index (χ3v) is 4.96. The highest BCUT2D eigenvalue weighted by Crippen LogP contribution is 2.23. The molecule has 21 heavy (non-hydrogen) atoms. The summed E-state index contributed by atoms with van der Waals surface area (Å²) in [6.45, 7) is 1.61. The molecule has 1 N–H and O–H groups in total. The molecule has 0 radical (unpaired) electrons. The van der Waals surface area contributed by atoms with Gasteiger partial charge in [0.25, 0.3) is 0 Å². The van der Waals surface area contributed by atoms with E-state index >= 15 is 0 Å². The van der Waals surface area contributed by atoms with E-state index in [0.717, 1.165) is 6.20 Å². The maximum Gasteiger partial charge on any atom is 0.242 e. The fraction of sp³-hybridized carbons (Fsp3) is 0.154. The van der Waals surface area contributed by atoms with Crippen molar-refractivity contribution in [1.29, 1.82) is 0 Å². The molecule has 8 heteroatoms. The average molecular weight is 349 g/mol. The molecule has 2 aromatic rings. The largest absolute Gasteiger partial charge is 0.242 e. The van der Waals surface area contributed by atoms with Crippen LogP contribution in [0.3, 0.4) is 0 Å². The van der Waals surface area contributed by atoms with Crippen molar-refractivity contribution in [3.8, 4) is 0 Å². The topological polar surface area (TPSA) is 59.1 Å². The summed E-state index contributed by atoms with van der Waals surface area (Å²) in [6.07, 6.45) is 1.11. The summed E-state index contributed by atoms with van der Waals surface area (Å²) in [7, 11) is -3.84. The molecule has 1 heterocycles. The van der Waals surface area contributed by atoms with E-state index in [4.69, 9.17) is 23.2 Å². The quantitative estimate of drug-likeness (QED) is 0.859. The minimum atomic E-state index is -3.84. The number of nitrogens with one attached hydrogen (secondary N) is 1. The van der Waals surface area contributed by atoms with E-state index in [0.29, 0.717) is 5.56 Å². The molecule has 0 saturated heterocycles. The molecule has 1 aromatic carbocycles. The molecule has 2 rings (SSSR count). The summed E-state index contributed by atoms with van der Waals surface area (Å²) in [5.41, 5.74) is 0.506. The maximum absolute atomic E-state index is 13.2. The molecule has 0 amide bonds. The van der Waals surface area contributed by atoms with Gasteiger partial charge in [-0.05, 0) is 30.7 Å². The van der Waals surface area contributed by atoms with Crippen molar-refractivity contribution >= 4 is 33.2 Å². The summed E-state index contributed by atoms with van der Waals surface area (Å²) < 4.78 is 40.0. The first-order valence-corrected chi connectivity index (χ1v) is 8.12. The lowest BCUT2D eigenvalue weighted by atomic mass is 10.1. The van der Waals surface area contributed by atoms with Crippen molar-refractivity contribution in [1.82, 2.24) is 9.71 Å². The van der Waals surface area contributed by atoms with Gasteiger partial charge in [-0.1, -0.05) is 35.3 Å². The Bertz CT molecular complexity index is 769.